The van der Waals surface area contributed by atoms with E-state index in [0.29, 0.717) is 39.3 Å². The van der Waals surface area contributed by atoms with E-state index in [-0.39, 0.29) is 18.5 Å². The summed E-state index contributed by atoms with van der Waals surface area (Å²) < 4.78 is 15.7. The minimum absolute atomic E-state index is 0.0502. The maximum absolute atomic E-state index is 11.9. The van der Waals surface area contributed by atoms with Gasteiger partial charge in [-0.05, 0) is 30.2 Å². The number of carbonyl (C=O) groups excluding carboxylic acids is 2. The van der Waals surface area contributed by atoms with Crippen molar-refractivity contribution in [2.24, 2.45) is 0 Å². The van der Waals surface area contributed by atoms with Gasteiger partial charge in [0.25, 0.3) is 0 Å². The van der Waals surface area contributed by atoms with E-state index in [9.17, 15) is 9.59 Å². The Morgan fingerprint density at radius 3 is 2.60 bits per heavy atom. The molecule has 0 spiro atoms. The van der Waals surface area contributed by atoms with Gasteiger partial charge in [0.2, 0.25) is 5.91 Å². The minimum atomic E-state index is -0.243. The first-order valence-corrected chi connectivity index (χ1v) is 8.22. The zero-order valence-corrected chi connectivity index (χ0v) is 14.7. The lowest BCUT2D eigenvalue weighted by Crippen LogP contribution is -2.48. The number of ether oxygens (including phenoxy) is 3. The van der Waals surface area contributed by atoms with Gasteiger partial charge in [0.1, 0.15) is 11.5 Å². The molecule has 2 N–H and O–H groups in total. The van der Waals surface area contributed by atoms with Gasteiger partial charge in [0.05, 0.1) is 34.0 Å². The summed E-state index contributed by atoms with van der Waals surface area (Å²) in [7, 11) is 3.20. The Morgan fingerprint density at radius 2 is 1.92 bits per heavy atom. The van der Waals surface area contributed by atoms with Gasteiger partial charge in [-0.15, -0.1) is 0 Å². The van der Waals surface area contributed by atoms with Crippen LogP contribution in [0.15, 0.2) is 18.2 Å². The lowest BCUT2D eigenvalue weighted by atomic mass is 10.1. The molecule has 25 heavy (non-hydrogen) atoms. The molecule has 8 nitrogen and oxygen atoms in total. The molecule has 1 aromatic rings. The number of hydrogen-bond donors (Lipinski definition) is 2. The summed E-state index contributed by atoms with van der Waals surface area (Å²) >= 11 is 0. The van der Waals surface area contributed by atoms with Gasteiger partial charge < -0.3 is 29.7 Å². The Labute approximate surface area is 147 Å². The molecule has 0 unspecified atom stereocenters. The van der Waals surface area contributed by atoms with Gasteiger partial charge in [-0.25, -0.2) is 4.79 Å². The van der Waals surface area contributed by atoms with E-state index in [1.165, 1.54) is 0 Å². The monoisotopic (exact) mass is 351 g/mol. The van der Waals surface area contributed by atoms with Crippen LogP contribution in [0.4, 0.5) is 4.79 Å². The molecular weight excluding hydrogens is 326 g/mol. The number of nitrogens with zero attached hydrogens (tertiary/aromatic N) is 1. The van der Waals surface area contributed by atoms with Crippen LogP contribution in [0.5, 0.6) is 11.5 Å². The first kappa shape index (κ1) is 18.9. The summed E-state index contributed by atoms with van der Waals surface area (Å²) in [5, 5.41) is 5.40. The summed E-state index contributed by atoms with van der Waals surface area (Å²) in [4.78, 5) is 25.4. The molecule has 1 saturated heterocycles. The van der Waals surface area contributed by atoms with Crippen molar-refractivity contribution in [3.8, 4) is 11.5 Å². The van der Waals surface area contributed by atoms with Crippen molar-refractivity contribution in [1.82, 2.24) is 15.5 Å². The molecule has 2 rings (SSSR count). The number of amides is 3. The van der Waals surface area contributed by atoms with Crippen molar-refractivity contribution in [1.29, 1.82) is 0 Å². The second kappa shape index (κ2) is 9.73. The largest absolute Gasteiger partial charge is 0.497 e. The first-order chi connectivity index (χ1) is 12.1. The predicted octanol–water partition coefficient (Wildman–Crippen LogP) is 0.404. The fourth-order valence-corrected chi connectivity index (χ4v) is 2.51. The molecule has 1 heterocycles. The van der Waals surface area contributed by atoms with E-state index in [1.54, 1.807) is 19.1 Å². The van der Waals surface area contributed by atoms with Gasteiger partial charge in [-0.3, -0.25) is 4.79 Å². The van der Waals surface area contributed by atoms with Crippen molar-refractivity contribution in [3.63, 3.8) is 0 Å². The summed E-state index contributed by atoms with van der Waals surface area (Å²) in [5.41, 5.74) is 0.944. The maximum atomic E-state index is 11.9. The topological polar surface area (TPSA) is 89.1 Å². The van der Waals surface area contributed by atoms with E-state index < -0.39 is 0 Å². The molecule has 8 heteroatoms. The molecule has 1 aromatic carbocycles. The molecule has 138 valence electrons. The van der Waals surface area contributed by atoms with E-state index in [0.717, 1.165) is 17.1 Å². The second-order valence-corrected chi connectivity index (χ2v) is 5.54. The lowest BCUT2D eigenvalue weighted by molar-refractivity contribution is -0.120. The number of methoxy groups -OCH3 is 2. The summed E-state index contributed by atoms with van der Waals surface area (Å²) in [6.07, 6.45) is 0.601. The van der Waals surface area contributed by atoms with Crippen molar-refractivity contribution < 1.29 is 23.8 Å². The Bertz CT molecular complexity index is 588. The molecule has 0 radical (unpaired) electrons. The molecule has 0 saturated carbocycles. The average Bonchev–Trinajstić information content (AvgIpc) is 2.66. The molecule has 0 atom stereocenters. The highest BCUT2D eigenvalue weighted by Gasteiger charge is 2.17. The molecule has 3 amide bonds. The lowest BCUT2D eigenvalue weighted by Gasteiger charge is -2.26. The van der Waals surface area contributed by atoms with Gasteiger partial charge in [-0.2, -0.15) is 0 Å². The van der Waals surface area contributed by atoms with Crippen LogP contribution >= 0.6 is 0 Å². The maximum Gasteiger partial charge on any atom is 0.317 e. The van der Waals surface area contributed by atoms with Crippen molar-refractivity contribution in [2.75, 3.05) is 53.6 Å². The number of nitrogens with one attached hydrogen (secondary N) is 2. The van der Waals surface area contributed by atoms with Crippen molar-refractivity contribution in [2.45, 2.75) is 6.42 Å². The number of carbonyl (C=O) groups is 2. The van der Waals surface area contributed by atoms with Gasteiger partial charge in [-0.1, -0.05) is 0 Å². The van der Waals surface area contributed by atoms with E-state index >= 15 is 0 Å². The van der Waals surface area contributed by atoms with E-state index in [2.05, 4.69) is 10.6 Å². The quantitative estimate of drug-likeness (QED) is 0.742. The third kappa shape index (κ3) is 5.82. The van der Waals surface area contributed by atoms with Crippen molar-refractivity contribution >= 4 is 11.9 Å². The molecular formula is C17H25N3O5. The normalized spacial score (nSPS) is 13.9. The molecule has 1 aliphatic heterocycles. The third-order valence-electron chi connectivity index (χ3n) is 3.90. The van der Waals surface area contributed by atoms with Crippen LogP contribution in [0.25, 0.3) is 0 Å². The molecule has 1 fully saturated rings. The van der Waals surface area contributed by atoms with Crippen LogP contribution in [-0.4, -0.2) is 70.5 Å². The zero-order valence-electron chi connectivity index (χ0n) is 14.7. The smallest absolute Gasteiger partial charge is 0.317 e. The molecule has 0 bridgehead atoms. The highest BCUT2D eigenvalue weighted by atomic mass is 16.5. The first-order valence-electron chi connectivity index (χ1n) is 8.22. The summed E-state index contributed by atoms with van der Waals surface area (Å²) in [6, 6.07) is 5.29. The predicted molar refractivity (Wildman–Crippen MR) is 92.1 cm³/mol. The van der Waals surface area contributed by atoms with Gasteiger partial charge in [0, 0.05) is 19.6 Å². The molecule has 1 aliphatic rings. The van der Waals surface area contributed by atoms with E-state index in [1.807, 2.05) is 18.2 Å². The fourth-order valence-electron chi connectivity index (χ4n) is 2.51. The van der Waals surface area contributed by atoms with Crippen LogP contribution in [-0.2, 0) is 16.0 Å². The summed E-state index contributed by atoms with van der Waals surface area (Å²) in [5.74, 6) is 1.25. The molecule has 0 aliphatic carbocycles. The number of urea groups is 1. The Balaban J connectivity index is 1.72. The number of benzene rings is 1. The minimum Gasteiger partial charge on any atom is -0.497 e. The van der Waals surface area contributed by atoms with Crippen LogP contribution in [0.1, 0.15) is 5.56 Å². The number of hydrogen-bond acceptors (Lipinski definition) is 5. The van der Waals surface area contributed by atoms with Crippen LogP contribution in [0.3, 0.4) is 0 Å². The fraction of sp³-hybridized carbons (Fsp3) is 0.529. The van der Waals surface area contributed by atoms with E-state index in [4.69, 9.17) is 14.2 Å². The Morgan fingerprint density at radius 1 is 1.16 bits per heavy atom. The number of rotatable bonds is 7. The van der Waals surface area contributed by atoms with Gasteiger partial charge >= 0.3 is 6.03 Å². The Hall–Kier alpha value is -2.48. The van der Waals surface area contributed by atoms with Crippen LogP contribution < -0.4 is 20.1 Å². The summed E-state index contributed by atoms with van der Waals surface area (Å²) in [6.45, 7) is 2.54. The van der Waals surface area contributed by atoms with Crippen molar-refractivity contribution in [3.05, 3.63) is 23.8 Å². The highest BCUT2D eigenvalue weighted by molar-refractivity contribution is 5.83. The Kier molecular flexibility index (Phi) is 7.34. The van der Waals surface area contributed by atoms with Gasteiger partial charge in [0.15, 0.2) is 0 Å². The zero-order chi connectivity index (χ0) is 18.1. The number of morpholine rings is 1. The average molecular weight is 351 g/mol. The third-order valence-corrected chi connectivity index (χ3v) is 3.90. The van der Waals surface area contributed by atoms with Crippen LogP contribution in [0.2, 0.25) is 0 Å². The second-order valence-electron chi connectivity index (χ2n) is 5.54. The molecule has 0 aromatic heterocycles. The standard InChI is InChI=1S/C17H25N3O5/c1-23-14-3-4-15(24-2)13(11-14)5-6-18-16(21)12-19-17(22)20-7-9-25-10-8-20/h3-4,11H,5-10,12H2,1-2H3,(H,18,21)(H,19,22). The van der Waals surface area contributed by atoms with Crippen LogP contribution in [0, 0.1) is 0 Å². The highest BCUT2D eigenvalue weighted by Crippen LogP contribution is 2.24. The SMILES string of the molecule is COc1ccc(OC)c(CCNC(=O)CNC(=O)N2CCOCC2)c1.